The highest BCUT2D eigenvalue weighted by Crippen LogP contribution is 2.13. The maximum Gasteiger partial charge on any atom is 0.333 e. The molecular weight excluding hydrogens is 144 g/mol. The topological polar surface area (TPSA) is 89.3 Å². The SMILES string of the molecule is NC1=CC=C(C(=O)O)C(N)C1. The van der Waals surface area contributed by atoms with Crippen molar-refractivity contribution >= 4 is 5.97 Å². The standard InChI is InChI=1S/C7H10N2O2/c8-4-1-2-5(7(10)11)6(9)3-4/h1-2,6H,3,8-9H2,(H,10,11). The van der Waals surface area contributed by atoms with Gasteiger partial charge < -0.3 is 16.6 Å². The second-order valence-corrected chi connectivity index (χ2v) is 2.48. The van der Waals surface area contributed by atoms with E-state index in [1.165, 1.54) is 6.08 Å². The van der Waals surface area contributed by atoms with E-state index in [2.05, 4.69) is 0 Å². The molecule has 0 spiro atoms. The van der Waals surface area contributed by atoms with E-state index in [4.69, 9.17) is 16.6 Å². The number of nitrogens with two attached hydrogens (primary N) is 2. The van der Waals surface area contributed by atoms with E-state index < -0.39 is 12.0 Å². The van der Waals surface area contributed by atoms with Crippen molar-refractivity contribution in [3.8, 4) is 0 Å². The first kappa shape index (κ1) is 7.81. The largest absolute Gasteiger partial charge is 0.478 e. The molecule has 1 atom stereocenters. The molecule has 0 radical (unpaired) electrons. The van der Waals surface area contributed by atoms with Crippen molar-refractivity contribution < 1.29 is 9.90 Å². The second kappa shape index (κ2) is 2.75. The number of hydrogen-bond acceptors (Lipinski definition) is 3. The molecule has 0 aliphatic heterocycles. The summed E-state index contributed by atoms with van der Waals surface area (Å²) in [5, 5.41) is 8.58. The summed E-state index contributed by atoms with van der Waals surface area (Å²) in [5.74, 6) is -0.971. The van der Waals surface area contributed by atoms with Crippen LogP contribution in [0.25, 0.3) is 0 Å². The molecular formula is C7H10N2O2. The molecule has 0 bridgehead atoms. The van der Waals surface area contributed by atoms with Crippen LogP contribution in [0.4, 0.5) is 0 Å². The number of carbonyl (C=O) groups is 1. The molecule has 4 nitrogen and oxygen atoms in total. The normalized spacial score (nSPS) is 23.9. The van der Waals surface area contributed by atoms with E-state index in [9.17, 15) is 4.79 Å². The summed E-state index contributed by atoms with van der Waals surface area (Å²) in [6.45, 7) is 0. The Hall–Kier alpha value is -1.29. The van der Waals surface area contributed by atoms with Crippen LogP contribution in [-0.2, 0) is 4.79 Å². The zero-order chi connectivity index (χ0) is 8.43. The van der Waals surface area contributed by atoms with Crippen LogP contribution in [0.3, 0.4) is 0 Å². The lowest BCUT2D eigenvalue weighted by atomic mass is 9.98. The molecule has 0 saturated carbocycles. The molecule has 1 aliphatic carbocycles. The van der Waals surface area contributed by atoms with Crippen LogP contribution >= 0.6 is 0 Å². The first-order valence-corrected chi connectivity index (χ1v) is 3.26. The Morgan fingerprint density at radius 2 is 2.27 bits per heavy atom. The smallest absolute Gasteiger partial charge is 0.333 e. The predicted molar refractivity (Wildman–Crippen MR) is 40.6 cm³/mol. The summed E-state index contributed by atoms with van der Waals surface area (Å²) in [6, 6.07) is -0.461. The molecule has 0 aromatic heterocycles. The van der Waals surface area contributed by atoms with Gasteiger partial charge in [-0.25, -0.2) is 4.79 Å². The summed E-state index contributed by atoms with van der Waals surface area (Å²) < 4.78 is 0. The minimum atomic E-state index is -0.971. The number of allylic oxidation sites excluding steroid dienone is 2. The fourth-order valence-electron chi connectivity index (χ4n) is 0.982. The molecule has 11 heavy (non-hydrogen) atoms. The van der Waals surface area contributed by atoms with E-state index in [1.54, 1.807) is 6.08 Å². The van der Waals surface area contributed by atoms with E-state index in [0.29, 0.717) is 12.1 Å². The highest BCUT2D eigenvalue weighted by molar-refractivity contribution is 5.88. The maximum absolute atomic E-state index is 10.5. The van der Waals surface area contributed by atoms with Gasteiger partial charge in [0, 0.05) is 18.2 Å². The number of carboxylic acid groups (broad SMARTS) is 1. The number of aliphatic carboxylic acids is 1. The lowest BCUT2D eigenvalue weighted by molar-refractivity contribution is -0.132. The Morgan fingerprint density at radius 1 is 1.64 bits per heavy atom. The third-order valence-electron chi connectivity index (χ3n) is 1.58. The summed E-state index contributed by atoms with van der Waals surface area (Å²) >= 11 is 0. The second-order valence-electron chi connectivity index (χ2n) is 2.48. The first-order chi connectivity index (χ1) is 5.11. The fourth-order valence-corrected chi connectivity index (χ4v) is 0.982. The maximum atomic E-state index is 10.5. The fraction of sp³-hybridized carbons (Fsp3) is 0.286. The molecule has 0 amide bonds. The van der Waals surface area contributed by atoms with Gasteiger partial charge in [-0.3, -0.25) is 0 Å². The Balaban J connectivity index is 2.87. The van der Waals surface area contributed by atoms with Crippen molar-refractivity contribution in [2.75, 3.05) is 0 Å². The van der Waals surface area contributed by atoms with Crippen LogP contribution in [0.15, 0.2) is 23.4 Å². The van der Waals surface area contributed by atoms with E-state index in [0.717, 1.165) is 0 Å². The first-order valence-electron chi connectivity index (χ1n) is 3.26. The summed E-state index contributed by atoms with van der Waals surface area (Å²) in [4.78, 5) is 10.5. The molecule has 5 N–H and O–H groups in total. The van der Waals surface area contributed by atoms with E-state index in [-0.39, 0.29) is 5.57 Å². The van der Waals surface area contributed by atoms with Gasteiger partial charge in [-0.2, -0.15) is 0 Å². The molecule has 0 fully saturated rings. The molecule has 1 aliphatic rings. The average molecular weight is 154 g/mol. The zero-order valence-electron chi connectivity index (χ0n) is 5.95. The highest BCUT2D eigenvalue weighted by Gasteiger charge is 2.19. The minimum absolute atomic E-state index is 0.221. The number of carboxylic acids is 1. The summed E-state index contributed by atoms with van der Waals surface area (Å²) in [7, 11) is 0. The van der Waals surface area contributed by atoms with Crippen LogP contribution < -0.4 is 11.5 Å². The molecule has 1 unspecified atom stereocenters. The lowest BCUT2D eigenvalue weighted by Gasteiger charge is -2.15. The monoisotopic (exact) mass is 154 g/mol. The van der Waals surface area contributed by atoms with Crippen molar-refractivity contribution in [1.29, 1.82) is 0 Å². The third kappa shape index (κ3) is 1.59. The quantitative estimate of drug-likeness (QED) is 0.478. The van der Waals surface area contributed by atoms with Gasteiger partial charge >= 0.3 is 5.97 Å². The van der Waals surface area contributed by atoms with E-state index >= 15 is 0 Å². The van der Waals surface area contributed by atoms with E-state index in [1.807, 2.05) is 0 Å². The molecule has 0 saturated heterocycles. The molecule has 60 valence electrons. The zero-order valence-corrected chi connectivity index (χ0v) is 5.95. The number of hydrogen-bond donors (Lipinski definition) is 3. The van der Waals surface area contributed by atoms with Crippen molar-refractivity contribution in [2.45, 2.75) is 12.5 Å². The van der Waals surface area contributed by atoms with Gasteiger partial charge in [0.2, 0.25) is 0 Å². The molecule has 0 heterocycles. The predicted octanol–water partition coefficient (Wildman–Crippen LogP) is -0.429. The minimum Gasteiger partial charge on any atom is -0.478 e. The van der Waals surface area contributed by atoms with Gasteiger partial charge in [-0.15, -0.1) is 0 Å². The number of rotatable bonds is 1. The molecule has 4 heteroatoms. The van der Waals surface area contributed by atoms with Crippen molar-refractivity contribution in [3.63, 3.8) is 0 Å². The van der Waals surface area contributed by atoms with Gasteiger partial charge in [0.15, 0.2) is 0 Å². The van der Waals surface area contributed by atoms with Crippen molar-refractivity contribution in [3.05, 3.63) is 23.4 Å². The van der Waals surface area contributed by atoms with Gasteiger partial charge in [-0.1, -0.05) is 0 Å². The van der Waals surface area contributed by atoms with Crippen LogP contribution in [0.1, 0.15) is 6.42 Å². The summed E-state index contributed by atoms with van der Waals surface area (Å²) in [6.07, 6.45) is 3.46. The van der Waals surface area contributed by atoms with Crippen molar-refractivity contribution in [2.24, 2.45) is 11.5 Å². The Morgan fingerprint density at radius 3 is 2.73 bits per heavy atom. The van der Waals surface area contributed by atoms with Gasteiger partial charge in [0.05, 0.1) is 5.57 Å². The van der Waals surface area contributed by atoms with Crippen molar-refractivity contribution in [1.82, 2.24) is 0 Å². The van der Waals surface area contributed by atoms with Gasteiger partial charge in [0.1, 0.15) is 0 Å². The van der Waals surface area contributed by atoms with Crippen LogP contribution in [0.2, 0.25) is 0 Å². The average Bonchev–Trinajstić information content (AvgIpc) is 1.85. The van der Waals surface area contributed by atoms with Gasteiger partial charge in [-0.05, 0) is 12.2 Å². The molecule has 1 rings (SSSR count). The Kier molecular flexibility index (Phi) is 1.96. The molecule has 0 aromatic rings. The Labute approximate surface area is 64.2 Å². The van der Waals surface area contributed by atoms with Crippen LogP contribution in [0, 0.1) is 0 Å². The third-order valence-corrected chi connectivity index (χ3v) is 1.58. The lowest BCUT2D eigenvalue weighted by Crippen LogP contribution is -2.30. The Bertz CT molecular complexity index is 243. The van der Waals surface area contributed by atoms with Crippen LogP contribution in [0.5, 0.6) is 0 Å². The molecule has 0 aromatic carbocycles. The summed E-state index contributed by atoms with van der Waals surface area (Å²) in [5.41, 5.74) is 11.8. The van der Waals surface area contributed by atoms with Gasteiger partial charge in [0.25, 0.3) is 0 Å². The van der Waals surface area contributed by atoms with Crippen LogP contribution in [-0.4, -0.2) is 17.1 Å². The highest BCUT2D eigenvalue weighted by atomic mass is 16.4.